The lowest BCUT2D eigenvalue weighted by Crippen LogP contribution is -2.04. The van der Waals surface area contributed by atoms with Gasteiger partial charge in [0.15, 0.2) is 17.5 Å². The van der Waals surface area contributed by atoms with Crippen molar-refractivity contribution in [1.82, 2.24) is 19.5 Å². The zero-order valence-corrected chi connectivity index (χ0v) is 31.0. The van der Waals surface area contributed by atoms with E-state index in [1.54, 1.807) is 0 Å². The second kappa shape index (κ2) is 13.3. The molecule has 0 saturated heterocycles. The van der Waals surface area contributed by atoms with Crippen LogP contribution in [0.25, 0.3) is 104 Å². The molecule has 11 rings (SSSR count). The Morgan fingerprint density at radius 2 is 0.911 bits per heavy atom. The Morgan fingerprint density at radius 3 is 1.64 bits per heavy atom. The van der Waals surface area contributed by atoms with Gasteiger partial charge in [-0.25, -0.2) is 15.0 Å². The van der Waals surface area contributed by atoms with Crippen molar-refractivity contribution in [2.24, 2.45) is 0 Å². The molecule has 0 spiro atoms. The van der Waals surface area contributed by atoms with Crippen LogP contribution in [-0.2, 0) is 0 Å². The third-order valence-corrected chi connectivity index (χ3v) is 11.9. The average molecular weight is 733 g/mol. The van der Waals surface area contributed by atoms with Crippen LogP contribution in [0.4, 0.5) is 0 Å². The number of thiophene rings is 1. The van der Waals surface area contributed by atoms with Crippen molar-refractivity contribution in [3.8, 4) is 62.1 Å². The number of rotatable bonds is 6. The van der Waals surface area contributed by atoms with E-state index in [0.29, 0.717) is 17.5 Å². The molecule has 0 aliphatic rings. The fourth-order valence-corrected chi connectivity index (χ4v) is 9.26. The standard InChI is InChI=1S/C51H32N4S/c1-4-15-33(16-5-1)36-27-29-40-39-21-10-12-25-44(39)55(46(40)32-36)45-30-28-37(38-23-14-24-42-41-22-11-13-26-47(41)56-48(38)42)31-43(45)51-53-49(34-17-6-2-7-18-34)52-50(54-51)35-19-8-3-9-20-35/h1-32H. The molecule has 0 N–H and O–H groups in total. The first-order chi connectivity index (χ1) is 27.8. The van der Waals surface area contributed by atoms with Gasteiger partial charge in [-0.15, -0.1) is 11.3 Å². The van der Waals surface area contributed by atoms with Crippen LogP contribution >= 0.6 is 11.3 Å². The molecule has 0 amide bonds. The SMILES string of the molecule is c1ccc(-c2ccc3c4ccccc4n(-c4ccc(-c5cccc6c5sc5ccccc56)cc4-c4nc(-c5ccccc5)nc(-c5ccccc5)n4)c3c2)cc1. The molecule has 56 heavy (non-hydrogen) atoms. The predicted octanol–water partition coefficient (Wildman–Crippen LogP) is 13.7. The lowest BCUT2D eigenvalue weighted by atomic mass is 9.99. The molecule has 11 aromatic rings. The zero-order valence-electron chi connectivity index (χ0n) is 30.2. The van der Waals surface area contributed by atoms with Crippen LogP contribution in [-0.4, -0.2) is 19.5 Å². The predicted molar refractivity (Wildman–Crippen MR) is 234 cm³/mol. The van der Waals surface area contributed by atoms with Crippen molar-refractivity contribution < 1.29 is 0 Å². The summed E-state index contributed by atoms with van der Waals surface area (Å²) in [7, 11) is 0. The van der Waals surface area contributed by atoms with Crippen molar-refractivity contribution in [3.63, 3.8) is 0 Å². The first kappa shape index (κ1) is 32.2. The molecular weight excluding hydrogens is 701 g/mol. The van der Waals surface area contributed by atoms with E-state index in [4.69, 9.17) is 15.0 Å². The summed E-state index contributed by atoms with van der Waals surface area (Å²) in [4.78, 5) is 15.6. The summed E-state index contributed by atoms with van der Waals surface area (Å²) in [6.45, 7) is 0. The van der Waals surface area contributed by atoms with E-state index in [-0.39, 0.29) is 0 Å². The summed E-state index contributed by atoms with van der Waals surface area (Å²) in [6.07, 6.45) is 0. The van der Waals surface area contributed by atoms with Gasteiger partial charge in [-0.3, -0.25) is 0 Å². The van der Waals surface area contributed by atoms with Crippen LogP contribution in [0.3, 0.4) is 0 Å². The van der Waals surface area contributed by atoms with Gasteiger partial charge in [0.05, 0.1) is 16.7 Å². The highest BCUT2D eigenvalue weighted by atomic mass is 32.1. The third-order valence-electron chi connectivity index (χ3n) is 10.7. The quantitative estimate of drug-likeness (QED) is 0.171. The number of aromatic nitrogens is 4. The lowest BCUT2D eigenvalue weighted by Gasteiger charge is -2.17. The first-order valence-corrected chi connectivity index (χ1v) is 19.6. The number of hydrogen-bond acceptors (Lipinski definition) is 4. The first-order valence-electron chi connectivity index (χ1n) is 18.8. The van der Waals surface area contributed by atoms with Crippen LogP contribution in [0.15, 0.2) is 194 Å². The highest BCUT2D eigenvalue weighted by Gasteiger charge is 2.21. The summed E-state index contributed by atoms with van der Waals surface area (Å²) in [5.74, 6) is 1.88. The van der Waals surface area contributed by atoms with Crippen molar-refractivity contribution in [2.75, 3.05) is 0 Å². The van der Waals surface area contributed by atoms with E-state index >= 15 is 0 Å². The van der Waals surface area contributed by atoms with Gasteiger partial charge in [0, 0.05) is 47.6 Å². The molecule has 0 fully saturated rings. The van der Waals surface area contributed by atoms with E-state index in [0.717, 1.165) is 44.5 Å². The van der Waals surface area contributed by atoms with E-state index in [1.165, 1.54) is 42.1 Å². The maximum Gasteiger partial charge on any atom is 0.166 e. The van der Waals surface area contributed by atoms with Crippen LogP contribution in [0.1, 0.15) is 0 Å². The molecule has 8 aromatic carbocycles. The zero-order chi connectivity index (χ0) is 37.0. The van der Waals surface area contributed by atoms with Gasteiger partial charge in [-0.05, 0) is 52.6 Å². The molecule has 0 radical (unpaired) electrons. The fourth-order valence-electron chi connectivity index (χ4n) is 8.02. The molecule has 5 heteroatoms. The van der Waals surface area contributed by atoms with E-state index in [2.05, 4.69) is 162 Å². The molecule has 0 unspecified atom stereocenters. The van der Waals surface area contributed by atoms with E-state index in [1.807, 2.05) is 47.7 Å². The molecule has 0 bridgehead atoms. The minimum absolute atomic E-state index is 0.614. The van der Waals surface area contributed by atoms with E-state index in [9.17, 15) is 0 Å². The van der Waals surface area contributed by atoms with Gasteiger partial charge in [0.1, 0.15) is 0 Å². The van der Waals surface area contributed by atoms with Crippen molar-refractivity contribution in [1.29, 1.82) is 0 Å². The number of hydrogen-bond donors (Lipinski definition) is 0. The molecule has 3 aromatic heterocycles. The Labute approximate surface area is 327 Å². The number of benzene rings is 8. The Morgan fingerprint density at radius 1 is 0.339 bits per heavy atom. The molecule has 0 atom stereocenters. The molecular formula is C51H32N4S. The van der Waals surface area contributed by atoms with Crippen molar-refractivity contribution >= 4 is 53.3 Å². The highest BCUT2D eigenvalue weighted by molar-refractivity contribution is 7.26. The normalized spacial score (nSPS) is 11.6. The molecule has 4 nitrogen and oxygen atoms in total. The lowest BCUT2D eigenvalue weighted by molar-refractivity contribution is 1.06. The van der Waals surface area contributed by atoms with Crippen LogP contribution in [0.2, 0.25) is 0 Å². The van der Waals surface area contributed by atoms with E-state index < -0.39 is 0 Å². The summed E-state index contributed by atoms with van der Waals surface area (Å²) in [5.41, 5.74) is 10.7. The van der Waals surface area contributed by atoms with Crippen molar-refractivity contribution in [2.45, 2.75) is 0 Å². The maximum atomic E-state index is 5.29. The van der Waals surface area contributed by atoms with Crippen molar-refractivity contribution in [3.05, 3.63) is 194 Å². The van der Waals surface area contributed by atoms with Gasteiger partial charge < -0.3 is 4.57 Å². The smallest absolute Gasteiger partial charge is 0.166 e. The van der Waals surface area contributed by atoms with Crippen LogP contribution in [0, 0.1) is 0 Å². The molecule has 0 saturated carbocycles. The van der Waals surface area contributed by atoms with Gasteiger partial charge in [0.25, 0.3) is 0 Å². The Kier molecular flexibility index (Phi) is 7.64. The molecule has 0 aliphatic carbocycles. The largest absolute Gasteiger partial charge is 0.308 e. The summed E-state index contributed by atoms with van der Waals surface area (Å²) in [6, 6.07) is 68.6. The maximum absolute atomic E-state index is 5.29. The molecule has 3 heterocycles. The highest BCUT2D eigenvalue weighted by Crippen LogP contribution is 2.43. The monoisotopic (exact) mass is 732 g/mol. The second-order valence-electron chi connectivity index (χ2n) is 14.0. The second-order valence-corrected chi connectivity index (χ2v) is 15.1. The number of nitrogens with zero attached hydrogens (tertiary/aromatic N) is 4. The van der Waals surface area contributed by atoms with Gasteiger partial charge in [-0.1, -0.05) is 164 Å². The van der Waals surface area contributed by atoms with Crippen LogP contribution < -0.4 is 0 Å². The average Bonchev–Trinajstić information content (AvgIpc) is 3.82. The molecule has 0 aliphatic heterocycles. The Balaban J connectivity index is 1.23. The topological polar surface area (TPSA) is 43.6 Å². The number of para-hydroxylation sites is 1. The molecule has 262 valence electrons. The van der Waals surface area contributed by atoms with Crippen LogP contribution in [0.5, 0.6) is 0 Å². The third kappa shape index (κ3) is 5.40. The minimum atomic E-state index is 0.614. The minimum Gasteiger partial charge on any atom is -0.308 e. The van der Waals surface area contributed by atoms with Gasteiger partial charge in [0.2, 0.25) is 0 Å². The van der Waals surface area contributed by atoms with Gasteiger partial charge >= 0.3 is 0 Å². The summed E-state index contributed by atoms with van der Waals surface area (Å²) in [5, 5.41) is 4.93. The summed E-state index contributed by atoms with van der Waals surface area (Å²) < 4.78 is 4.94. The number of fused-ring (bicyclic) bond motifs is 6. The Hall–Kier alpha value is -7.21. The summed E-state index contributed by atoms with van der Waals surface area (Å²) >= 11 is 1.84. The van der Waals surface area contributed by atoms with Gasteiger partial charge in [-0.2, -0.15) is 0 Å². The Bertz CT molecular complexity index is 3180. The fraction of sp³-hybridized carbons (Fsp3) is 0.